The normalized spacial score (nSPS) is 11.1. The molecule has 2 aromatic rings. The molecule has 0 radical (unpaired) electrons. The molecule has 2 rings (SSSR count). The van der Waals surface area contributed by atoms with Gasteiger partial charge in [0.1, 0.15) is 0 Å². The summed E-state index contributed by atoms with van der Waals surface area (Å²) in [4.78, 5) is 0. The first-order valence-corrected chi connectivity index (χ1v) is 6.39. The average molecular weight is 295 g/mol. The van der Waals surface area contributed by atoms with E-state index in [9.17, 15) is 0 Å². The predicted octanol–water partition coefficient (Wildman–Crippen LogP) is 3.60. The van der Waals surface area contributed by atoms with Crippen LogP contribution in [0.4, 0.5) is 0 Å². The van der Waals surface area contributed by atoms with Crippen LogP contribution in [0.2, 0.25) is 0 Å². The van der Waals surface area contributed by atoms with Crippen molar-refractivity contribution in [2.75, 3.05) is 0 Å². The van der Waals surface area contributed by atoms with Crippen molar-refractivity contribution in [3.8, 4) is 11.3 Å². The fourth-order valence-electron chi connectivity index (χ4n) is 1.54. The van der Waals surface area contributed by atoms with E-state index in [-0.39, 0.29) is 0 Å². The monoisotopic (exact) mass is 294 g/mol. The third-order valence-corrected chi connectivity index (χ3v) is 2.98. The molecule has 1 N–H and O–H groups in total. The molecule has 0 aliphatic heterocycles. The van der Waals surface area contributed by atoms with Crippen LogP contribution in [0.5, 0.6) is 0 Å². The Morgan fingerprint density at radius 1 is 1.29 bits per heavy atom. The van der Waals surface area contributed by atoms with Crippen molar-refractivity contribution in [3.05, 3.63) is 40.5 Å². The second kappa shape index (κ2) is 5.47. The highest BCUT2D eigenvalue weighted by Gasteiger charge is 2.10. The molecule has 0 saturated carbocycles. The van der Waals surface area contributed by atoms with Crippen molar-refractivity contribution >= 4 is 15.9 Å². The van der Waals surface area contributed by atoms with Crippen LogP contribution in [0.3, 0.4) is 0 Å². The fourth-order valence-corrected chi connectivity index (χ4v) is 1.80. The molecule has 90 valence electrons. The molecule has 0 amide bonds. The number of rotatable bonds is 4. The van der Waals surface area contributed by atoms with E-state index in [0.29, 0.717) is 6.04 Å². The zero-order chi connectivity index (χ0) is 12.3. The number of benzene rings is 1. The molecule has 1 aromatic heterocycles. The highest BCUT2D eigenvalue weighted by Crippen LogP contribution is 2.25. The van der Waals surface area contributed by atoms with Gasteiger partial charge in [-0.05, 0) is 12.1 Å². The molecule has 0 aliphatic carbocycles. The largest absolute Gasteiger partial charge is 0.356 e. The molecule has 0 fully saturated rings. The third kappa shape index (κ3) is 3.17. The lowest BCUT2D eigenvalue weighted by Crippen LogP contribution is -2.21. The number of nitrogens with zero attached hydrogens (tertiary/aromatic N) is 1. The van der Waals surface area contributed by atoms with Gasteiger partial charge in [-0.2, -0.15) is 0 Å². The second-order valence-electron chi connectivity index (χ2n) is 4.22. The van der Waals surface area contributed by atoms with Gasteiger partial charge in [0.2, 0.25) is 0 Å². The van der Waals surface area contributed by atoms with E-state index in [2.05, 4.69) is 40.3 Å². The van der Waals surface area contributed by atoms with Crippen LogP contribution in [0.15, 0.2) is 39.5 Å². The van der Waals surface area contributed by atoms with Crippen LogP contribution in [0.25, 0.3) is 11.3 Å². The highest BCUT2D eigenvalue weighted by atomic mass is 79.9. The molecule has 17 heavy (non-hydrogen) atoms. The van der Waals surface area contributed by atoms with Gasteiger partial charge in [-0.15, -0.1) is 0 Å². The van der Waals surface area contributed by atoms with Gasteiger partial charge < -0.3 is 9.84 Å². The van der Waals surface area contributed by atoms with Gasteiger partial charge in [-0.3, -0.25) is 0 Å². The molecule has 0 unspecified atom stereocenters. The van der Waals surface area contributed by atoms with E-state index >= 15 is 0 Å². The Hall–Kier alpha value is -1.13. The minimum Gasteiger partial charge on any atom is -0.356 e. The van der Waals surface area contributed by atoms with Crippen LogP contribution in [-0.2, 0) is 6.54 Å². The summed E-state index contributed by atoms with van der Waals surface area (Å²) in [5, 5.41) is 7.23. The molecule has 0 bridgehead atoms. The maximum absolute atomic E-state index is 5.32. The van der Waals surface area contributed by atoms with Crippen LogP contribution in [0.1, 0.15) is 19.4 Å². The Balaban J connectivity index is 2.21. The molecule has 0 aliphatic rings. The van der Waals surface area contributed by atoms with E-state index in [0.717, 1.165) is 27.9 Å². The fraction of sp³-hybridized carbons (Fsp3) is 0.308. The van der Waals surface area contributed by atoms with Crippen LogP contribution in [-0.4, -0.2) is 11.2 Å². The van der Waals surface area contributed by atoms with E-state index in [1.165, 1.54) is 0 Å². The summed E-state index contributed by atoms with van der Waals surface area (Å²) >= 11 is 3.42. The van der Waals surface area contributed by atoms with E-state index in [1.54, 1.807) is 6.20 Å². The van der Waals surface area contributed by atoms with Crippen LogP contribution >= 0.6 is 15.9 Å². The molecule has 4 heteroatoms. The maximum Gasteiger partial charge on any atom is 0.171 e. The number of nitrogens with one attached hydrogen (secondary N) is 1. The molecule has 0 spiro atoms. The van der Waals surface area contributed by atoms with Gasteiger partial charge in [-0.1, -0.05) is 47.1 Å². The minimum absolute atomic E-state index is 0.447. The lowest BCUT2D eigenvalue weighted by molar-refractivity contribution is 0.431. The molecule has 0 saturated heterocycles. The van der Waals surface area contributed by atoms with Crippen LogP contribution < -0.4 is 5.32 Å². The Kier molecular flexibility index (Phi) is 3.97. The average Bonchev–Trinajstić information content (AvgIpc) is 2.75. The minimum atomic E-state index is 0.447. The first-order chi connectivity index (χ1) is 8.16. The topological polar surface area (TPSA) is 38.1 Å². The number of aromatic nitrogens is 1. The van der Waals surface area contributed by atoms with E-state index in [1.807, 2.05) is 24.3 Å². The smallest absolute Gasteiger partial charge is 0.171 e. The number of hydrogen-bond donors (Lipinski definition) is 1. The van der Waals surface area contributed by atoms with Crippen molar-refractivity contribution in [1.29, 1.82) is 0 Å². The van der Waals surface area contributed by atoms with Crippen molar-refractivity contribution < 1.29 is 4.52 Å². The van der Waals surface area contributed by atoms with E-state index in [4.69, 9.17) is 4.52 Å². The van der Waals surface area contributed by atoms with Gasteiger partial charge in [0.15, 0.2) is 5.76 Å². The van der Waals surface area contributed by atoms with Crippen molar-refractivity contribution in [2.45, 2.75) is 26.4 Å². The highest BCUT2D eigenvalue weighted by molar-refractivity contribution is 9.10. The van der Waals surface area contributed by atoms with Crippen molar-refractivity contribution in [3.63, 3.8) is 0 Å². The summed E-state index contributed by atoms with van der Waals surface area (Å²) in [6.07, 6.45) is 1.77. The van der Waals surface area contributed by atoms with E-state index < -0.39 is 0 Å². The summed E-state index contributed by atoms with van der Waals surface area (Å²) in [6, 6.07) is 8.48. The lowest BCUT2D eigenvalue weighted by atomic mass is 10.1. The summed E-state index contributed by atoms with van der Waals surface area (Å²) in [7, 11) is 0. The number of halogens is 1. The van der Waals surface area contributed by atoms with Crippen molar-refractivity contribution in [2.24, 2.45) is 0 Å². The van der Waals surface area contributed by atoms with Gasteiger partial charge in [0.05, 0.1) is 6.20 Å². The van der Waals surface area contributed by atoms with Gasteiger partial charge in [-0.25, -0.2) is 0 Å². The number of hydrogen-bond acceptors (Lipinski definition) is 3. The third-order valence-electron chi connectivity index (χ3n) is 2.45. The van der Waals surface area contributed by atoms with Gasteiger partial charge >= 0.3 is 0 Å². The first-order valence-electron chi connectivity index (χ1n) is 5.59. The molecule has 0 atom stereocenters. The first kappa shape index (κ1) is 12.3. The maximum atomic E-state index is 5.32. The molecular formula is C13H15BrN2O. The second-order valence-corrected chi connectivity index (χ2v) is 5.14. The van der Waals surface area contributed by atoms with Crippen LogP contribution in [0, 0.1) is 0 Å². The van der Waals surface area contributed by atoms with Gasteiger partial charge in [0, 0.05) is 28.2 Å². The van der Waals surface area contributed by atoms with Gasteiger partial charge in [0.25, 0.3) is 0 Å². The molecule has 3 nitrogen and oxygen atoms in total. The summed E-state index contributed by atoms with van der Waals surface area (Å²) in [6.45, 7) is 5.01. The summed E-state index contributed by atoms with van der Waals surface area (Å²) in [5.74, 6) is 0.839. The SMILES string of the molecule is CC(C)NCc1cnoc1-c1ccc(Br)cc1. The Labute approximate surface area is 109 Å². The lowest BCUT2D eigenvalue weighted by Gasteiger charge is -2.07. The zero-order valence-corrected chi connectivity index (χ0v) is 11.5. The molecule has 1 heterocycles. The molecule has 1 aromatic carbocycles. The van der Waals surface area contributed by atoms with Crippen molar-refractivity contribution in [1.82, 2.24) is 10.5 Å². The quantitative estimate of drug-likeness (QED) is 0.936. The predicted molar refractivity (Wildman–Crippen MR) is 71.6 cm³/mol. The summed E-state index contributed by atoms with van der Waals surface area (Å²) in [5.41, 5.74) is 2.13. The zero-order valence-electron chi connectivity index (χ0n) is 9.90. The Bertz CT molecular complexity index is 476. The standard InChI is InChI=1S/C13H15BrN2O/c1-9(2)15-7-11-8-16-17-13(11)10-3-5-12(14)6-4-10/h3-6,8-9,15H,7H2,1-2H3. The molecular weight excluding hydrogens is 280 g/mol. The Morgan fingerprint density at radius 2 is 2.00 bits per heavy atom. The Morgan fingerprint density at radius 3 is 2.65 bits per heavy atom. The summed E-state index contributed by atoms with van der Waals surface area (Å²) < 4.78 is 6.38.